The van der Waals surface area contributed by atoms with E-state index in [0.29, 0.717) is 10.1 Å². The molecular weight excluding hydrogens is 203 g/mol. The highest BCUT2D eigenvalue weighted by molar-refractivity contribution is 7.19. The second-order valence-corrected chi connectivity index (χ2v) is 4.26. The average molecular weight is 210 g/mol. The Morgan fingerprint density at radius 3 is 2.86 bits per heavy atom. The molecule has 0 saturated carbocycles. The molecule has 0 aliphatic rings. The molecule has 0 atom stereocenters. The monoisotopic (exact) mass is 210 g/mol. The van der Waals surface area contributed by atoms with Gasteiger partial charge < -0.3 is 5.11 Å². The summed E-state index contributed by atoms with van der Waals surface area (Å²) in [7, 11) is 0. The quantitative estimate of drug-likeness (QED) is 0.785. The smallest absolute Gasteiger partial charge is 0.337 e. The topological polar surface area (TPSA) is 37.3 Å². The molecule has 4 heteroatoms. The van der Waals surface area contributed by atoms with E-state index in [4.69, 9.17) is 5.11 Å². The van der Waals surface area contributed by atoms with Gasteiger partial charge in [-0.05, 0) is 25.1 Å². The van der Waals surface area contributed by atoms with Crippen LogP contribution in [0.25, 0.3) is 10.1 Å². The third kappa shape index (κ3) is 1.28. The molecule has 2 nitrogen and oxygen atoms in total. The molecule has 0 bridgehead atoms. The van der Waals surface area contributed by atoms with Crippen molar-refractivity contribution in [2.75, 3.05) is 0 Å². The minimum atomic E-state index is -1.02. The summed E-state index contributed by atoms with van der Waals surface area (Å²) in [6.07, 6.45) is 0. The minimum absolute atomic E-state index is 0.166. The summed E-state index contributed by atoms with van der Waals surface area (Å²) < 4.78 is 13.8. The van der Waals surface area contributed by atoms with E-state index in [1.165, 1.54) is 23.5 Å². The maximum Gasteiger partial charge on any atom is 0.337 e. The second-order valence-electron chi connectivity index (χ2n) is 3.00. The van der Waals surface area contributed by atoms with Crippen LogP contribution in [0.5, 0.6) is 0 Å². The van der Waals surface area contributed by atoms with Gasteiger partial charge in [0.1, 0.15) is 5.82 Å². The van der Waals surface area contributed by atoms with Crippen molar-refractivity contribution >= 4 is 27.4 Å². The van der Waals surface area contributed by atoms with Crippen LogP contribution in [0, 0.1) is 12.7 Å². The lowest BCUT2D eigenvalue weighted by atomic mass is 10.1. The lowest BCUT2D eigenvalue weighted by Crippen LogP contribution is -1.96. The standard InChI is InChI=1S/C10H7FO2S/c1-5-4-7-8(11)3-2-6(10(12)13)9(7)14-5/h2-4H,1H3,(H,12,13). The first-order valence-electron chi connectivity index (χ1n) is 4.01. The maximum atomic E-state index is 13.3. The van der Waals surface area contributed by atoms with Crippen molar-refractivity contribution in [1.82, 2.24) is 0 Å². The van der Waals surface area contributed by atoms with Crippen LogP contribution in [0.1, 0.15) is 15.2 Å². The van der Waals surface area contributed by atoms with Crippen molar-refractivity contribution < 1.29 is 14.3 Å². The first kappa shape index (κ1) is 9.15. The van der Waals surface area contributed by atoms with Crippen LogP contribution in [-0.4, -0.2) is 11.1 Å². The number of rotatable bonds is 1. The fraction of sp³-hybridized carbons (Fsp3) is 0.100. The lowest BCUT2D eigenvalue weighted by molar-refractivity contribution is 0.0699. The van der Waals surface area contributed by atoms with Crippen molar-refractivity contribution in [3.63, 3.8) is 0 Å². The Hall–Kier alpha value is -1.42. The Kier molecular flexibility index (Phi) is 2.00. The van der Waals surface area contributed by atoms with Gasteiger partial charge in [-0.3, -0.25) is 0 Å². The predicted octanol–water partition coefficient (Wildman–Crippen LogP) is 3.05. The number of thiophene rings is 1. The number of hydrogen-bond acceptors (Lipinski definition) is 2. The third-order valence-electron chi connectivity index (χ3n) is 1.98. The molecule has 0 aliphatic carbocycles. The highest BCUT2D eigenvalue weighted by Gasteiger charge is 2.13. The van der Waals surface area contributed by atoms with Crippen LogP contribution in [0.4, 0.5) is 4.39 Å². The highest BCUT2D eigenvalue weighted by Crippen LogP contribution is 2.30. The van der Waals surface area contributed by atoms with E-state index in [-0.39, 0.29) is 11.4 Å². The van der Waals surface area contributed by atoms with Gasteiger partial charge in [0.25, 0.3) is 0 Å². The second kappa shape index (κ2) is 3.06. The van der Waals surface area contributed by atoms with E-state index >= 15 is 0 Å². The van der Waals surface area contributed by atoms with E-state index in [0.717, 1.165) is 4.88 Å². The molecule has 0 amide bonds. The Balaban J connectivity index is 2.87. The van der Waals surface area contributed by atoms with Gasteiger partial charge in [-0.2, -0.15) is 0 Å². The largest absolute Gasteiger partial charge is 0.478 e. The number of carbonyl (C=O) groups is 1. The fourth-order valence-corrected chi connectivity index (χ4v) is 2.41. The Bertz CT molecular complexity index is 516. The molecule has 1 N–H and O–H groups in total. The average Bonchev–Trinajstić information content (AvgIpc) is 2.47. The zero-order valence-electron chi connectivity index (χ0n) is 7.37. The molecule has 0 radical (unpaired) electrons. The molecule has 0 fully saturated rings. The predicted molar refractivity (Wildman–Crippen MR) is 53.5 cm³/mol. The molecule has 0 unspecified atom stereocenters. The number of aromatic carboxylic acids is 1. The van der Waals surface area contributed by atoms with E-state index in [1.807, 2.05) is 6.92 Å². The Morgan fingerprint density at radius 1 is 1.50 bits per heavy atom. The van der Waals surface area contributed by atoms with Crippen molar-refractivity contribution in [1.29, 1.82) is 0 Å². The van der Waals surface area contributed by atoms with Gasteiger partial charge in [0.2, 0.25) is 0 Å². The fourth-order valence-electron chi connectivity index (χ4n) is 1.38. The number of aryl methyl sites for hydroxylation is 1. The molecule has 1 heterocycles. The van der Waals surface area contributed by atoms with Crippen molar-refractivity contribution in [3.8, 4) is 0 Å². The molecule has 0 spiro atoms. The van der Waals surface area contributed by atoms with Crippen molar-refractivity contribution in [2.45, 2.75) is 6.92 Å². The third-order valence-corrected chi connectivity index (χ3v) is 3.07. The van der Waals surface area contributed by atoms with Gasteiger partial charge >= 0.3 is 5.97 Å². The van der Waals surface area contributed by atoms with Gasteiger partial charge in [-0.1, -0.05) is 0 Å². The summed E-state index contributed by atoms with van der Waals surface area (Å²) in [5.74, 6) is -1.38. The SMILES string of the molecule is Cc1cc2c(F)ccc(C(=O)O)c2s1. The number of carboxylic acids is 1. The van der Waals surface area contributed by atoms with E-state index in [2.05, 4.69) is 0 Å². The van der Waals surface area contributed by atoms with Crippen LogP contribution in [-0.2, 0) is 0 Å². The zero-order valence-corrected chi connectivity index (χ0v) is 8.19. The van der Waals surface area contributed by atoms with Crippen LogP contribution in [0.2, 0.25) is 0 Å². The van der Waals surface area contributed by atoms with Crippen LogP contribution in [0.3, 0.4) is 0 Å². The summed E-state index contributed by atoms with van der Waals surface area (Å²) >= 11 is 1.30. The number of hydrogen-bond donors (Lipinski definition) is 1. The van der Waals surface area contributed by atoms with E-state index in [1.54, 1.807) is 6.07 Å². The number of benzene rings is 1. The van der Waals surface area contributed by atoms with Crippen LogP contribution >= 0.6 is 11.3 Å². The summed E-state index contributed by atoms with van der Waals surface area (Å²) in [5.41, 5.74) is 0.166. The maximum absolute atomic E-state index is 13.3. The highest BCUT2D eigenvalue weighted by atomic mass is 32.1. The molecular formula is C10H7FO2S. The first-order valence-corrected chi connectivity index (χ1v) is 4.83. The molecule has 0 aliphatic heterocycles. The van der Waals surface area contributed by atoms with Gasteiger partial charge in [-0.25, -0.2) is 9.18 Å². The summed E-state index contributed by atoms with van der Waals surface area (Å²) in [5, 5.41) is 9.26. The summed E-state index contributed by atoms with van der Waals surface area (Å²) in [4.78, 5) is 11.7. The molecule has 2 aromatic rings. The minimum Gasteiger partial charge on any atom is -0.478 e. The van der Waals surface area contributed by atoms with Crippen molar-refractivity contribution in [2.24, 2.45) is 0 Å². The van der Waals surface area contributed by atoms with Gasteiger partial charge in [-0.15, -0.1) is 11.3 Å². The van der Waals surface area contributed by atoms with Crippen molar-refractivity contribution in [3.05, 3.63) is 34.5 Å². The lowest BCUT2D eigenvalue weighted by Gasteiger charge is -1.96. The van der Waals surface area contributed by atoms with Crippen LogP contribution in [0.15, 0.2) is 18.2 Å². The molecule has 2 rings (SSSR count). The number of carboxylic acid groups (broad SMARTS) is 1. The van der Waals surface area contributed by atoms with E-state index in [9.17, 15) is 9.18 Å². The van der Waals surface area contributed by atoms with Gasteiger partial charge in [0.05, 0.1) is 10.3 Å². The normalized spacial score (nSPS) is 10.7. The Morgan fingerprint density at radius 2 is 2.21 bits per heavy atom. The molecule has 72 valence electrons. The number of halogens is 1. The van der Waals surface area contributed by atoms with Gasteiger partial charge in [0.15, 0.2) is 0 Å². The van der Waals surface area contributed by atoms with Gasteiger partial charge in [0, 0.05) is 10.3 Å². The summed E-state index contributed by atoms with van der Waals surface area (Å²) in [6.45, 7) is 1.83. The first-order chi connectivity index (χ1) is 6.59. The van der Waals surface area contributed by atoms with E-state index < -0.39 is 5.97 Å². The molecule has 0 saturated heterocycles. The zero-order chi connectivity index (χ0) is 10.3. The molecule has 1 aromatic heterocycles. The van der Waals surface area contributed by atoms with Crippen LogP contribution < -0.4 is 0 Å². The number of fused-ring (bicyclic) bond motifs is 1. The molecule has 14 heavy (non-hydrogen) atoms. The summed E-state index contributed by atoms with van der Waals surface area (Å²) in [6, 6.07) is 4.16. The molecule has 1 aromatic carbocycles. The Labute approximate surface area is 83.6 Å².